The Morgan fingerprint density at radius 2 is 1.94 bits per heavy atom. The summed E-state index contributed by atoms with van der Waals surface area (Å²) in [7, 11) is 0. The number of carbonyl (C=O) groups excluding carboxylic acids is 1. The van der Waals surface area contributed by atoms with Gasteiger partial charge >= 0.3 is 5.97 Å². The van der Waals surface area contributed by atoms with Crippen molar-refractivity contribution in [2.24, 2.45) is 0 Å². The van der Waals surface area contributed by atoms with Crippen LogP contribution in [0.4, 0.5) is 0 Å². The summed E-state index contributed by atoms with van der Waals surface area (Å²) in [4.78, 5) is 11.0. The molecular formula is C12H13BrO3. The zero-order valence-corrected chi connectivity index (χ0v) is 10.6. The summed E-state index contributed by atoms with van der Waals surface area (Å²) in [6.45, 7) is 1.41. The Bertz CT molecular complexity index is 382. The van der Waals surface area contributed by atoms with Gasteiger partial charge in [0.1, 0.15) is 5.75 Å². The molecule has 0 spiro atoms. The molecule has 0 unspecified atom stereocenters. The molecule has 0 heterocycles. The Labute approximate surface area is 103 Å². The predicted molar refractivity (Wildman–Crippen MR) is 63.1 cm³/mol. The molecule has 0 N–H and O–H groups in total. The summed E-state index contributed by atoms with van der Waals surface area (Å²) in [6.07, 6.45) is 2.56. The normalized spacial score (nSPS) is 17.4. The summed E-state index contributed by atoms with van der Waals surface area (Å²) in [6, 6.07) is 7.51. The smallest absolute Gasteiger partial charge is 0.305 e. The zero-order valence-electron chi connectivity index (χ0n) is 9.03. The quantitative estimate of drug-likeness (QED) is 0.631. The van der Waals surface area contributed by atoms with Gasteiger partial charge in [0.15, 0.2) is 0 Å². The molecule has 0 radical (unpaired) electrons. The van der Waals surface area contributed by atoms with E-state index in [1.54, 1.807) is 0 Å². The number of benzene rings is 1. The Kier molecular flexibility index (Phi) is 3.19. The van der Waals surface area contributed by atoms with Crippen LogP contribution in [0.3, 0.4) is 0 Å². The molecule has 0 amide bonds. The predicted octanol–water partition coefficient (Wildman–Crippen LogP) is 3.27. The first-order chi connectivity index (χ1) is 7.60. The molecule has 86 valence electrons. The van der Waals surface area contributed by atoms with Crippen molar-refractivity contribution < 1.29 is 14.3 Å². The lowest BCUT2D eigenvalue weighted by Gasteiger charge is -2.40. The summed E-state index contributed by atoms with van der Waals surface area (Å²) in [5.41, 5.74) is 0. The molecule has 1 aliphatic carbocycles. The van der Waals surface area contributed by atoms with Crippen molar-refractivity contribution in [3.8, 4) is 5.75 Å². The minimum Gasteiger partial charge on any atom is -0.452 e. The number of ether oxygens (including phenoxy) is 2. The molecule has 0 saturated heterocycles. The van der Waals surface area contributed by atoms with E-state index in [-0.39, 0.29) is 5.97 Å². The lowest BCUT2D eigenvalue weighted by molar-refractivity contribution is -0.223. The van der Waals surface area contributed by atoms with Crippen LogP contribution in [0.15, 0.2) is 28.7 Å². The summed E-state index contributed by atoms with van der Waals surface area (Å²) < 4.78 is 12.0. The summed E-state index contributed by atoms with van der Waals surface area (Å²) in [5.74, 6) is -0.291. The maximum Gasteiger partial charge on any atom is 0.305 e. The van der Waals surface area contributed by atoms with Crippen LogP contribution in [0.1, 0.15) is 26.2 Å². The number of hydrogen-bond donors (Lipinski definition) is 0. The maximum absolute atomic E-state index is 11.0. The number of carbonyl (C=O) groups is 1. The van der Waals surface area contributed by atoms with Gasteiger partial charge in [0.25, 0.3) is 5.79 Å². The van der Waals surface area contributed by atoms with E-state index in [1.165, 1.54) is 6.92 Å². The Balaban J connectivity index is 2.06. The lowest BCUT2D eigenvalue weighted by atomic mass is 9.91. The number of esters is 1. The third-order valence-electron chi connectivity index (χ3n) is 2.56. The van der Waals surface area contributed by atoms with E-state index in [0.29, 0.717) is 0 Å². The van der Waals surface area contributed by atoms with Crippen LogP contribution in [0, 0.1) is 0 Å². The molecule has 0 aromatic heterocycles. The van der Waals surface area contributed by atoms with Crippen molar-refractivity contribution in [2.75, 3.05) is 0 Å². The molecule has 1 aliphatic rings. The number of halogens is 1. The van der Waals surface area contributed by atoms with Gasteiger partial charge in [-0.2, -0.15) is 0 Å². The molecule has 2 rings (SSSR count). The van der Waals surface area contributed by atoms with E-state index in [1.807, 2.05) is 24.3 Å². The van der Waals surface area contributed by atoms with E-state index in [2.05, 4.69) is 15.9 Å². The van der Waals surface area contributed by atoms with E-state index in [0.717, 1.165) is 29.5 Å². The fraction of sp³-hybridized carbons (Fsp3) is 0.417. The van der Waals surface area contributed by atoms with Gasteiger partial charge in [-0.3, -0.25) is 4.79 Å². The van der Waals surface area contributed by atoms with E-state index in [4.69, 9.17) is 9.47 Å². The molecule has 1 fully saturated rings. The SMILES string of the molecule is CC(=O)OC1(Oc2ccc(Br)cc2)CCC1. The standard InChI is InChI=1S/C12H13BrO3/c1-9(14)15-12(7-2-8-12)16-11-5-3-10(13)4-6-11/h3-6H,2,7-8H2,1H3. The highest BCUT2D eigenvalue weighted by Crippen LogP contribution is 2.38. The Morgan fingerprint density at radius 3 is 2.38 bits per heavy atom. The fourth-order valence-electron chi connectivity index (χ4n) is 1.67. The summed E-state index contributed by atoms with van der Waals surface area (Å²) >= 11 is 3.36. The van der Waals surface area contributed by atoms with Gasteiger partial charge in [-0.25, -0.2) is 0 Å². The van der Waals surface area contributed by atoms with E-state index < -0.39 is 5.79 Å². The first-order valence-electron chi connectivity index (χ1n) is 5.24. The van der Waals surface area contributed by atoms with Crippen molar-refractivity contribution in [1.29, 1.82) is 0 Å². The van der Waals surface area contributed by atoms with Gasteiger partial charge in [-0.1, -0.05) is 15.9 Å². The second-order valence-electron chi connectivity index (χ2n) is 3.91. The van der Waals surface area contributed by atoms with Crippen LogP contribution in [-0.4, -0.2) is 11.8 Å². The van der Waals surface area contributed by atoms with Crippen molar-refractivity contribution in [1.82, 2.24) is 0 Å². The fourth-order valence-corrected chi connectivity index (χ4v) is 1.93. The van der Waals surface area contributed by atoms with E-state index >= 15 is 0 Å². The lowest BCUT2D eigenvalue weighted by Crippen LogP contribution is -2.46. The molecular weight excluding hydrogens is 272 g/mol. The van der Waals surface area contributed by atoms with Crippen LogP contribution in [0.2, 0.25) is 0 Å². The van der Waals surface area contributed by atoms with Crippen LogP contribution >= 0.6 is 15.9 Å². The highest BCUT2D eigenvalue weighted by molar-refractivity contribution is 9.10. The molecule has 0 aliphatic heterocycles. The third-order valence-corrected chi connectivity index (χ3v) is 3.09. The molecule has 0 atom stereocenters. The minimum absolute atomic E-state index is 0.295. The Morgan fingerprint density at radius 1 is 1.31 bits per heavy atom. The van der Waals surface area contributed by atoms with Gasteiger partial charge in [0.2, 0.25) is 0 Å². The van der Waals surface area contributed by atoms with Crippen LogP contribution in [-0.2, 0) is 9.53 Å². The van der Waals surface area contributed by atoms with Crippen LogP contribution in [0.25, 0.3) is 0 Å². The highest BCUT2D eigenvalue weighted by atomic mass is 79.9. The second kappa shape index (κ2) is 4.45. The minimum atomic E-state index is -0.723. The van der Waals surface area contributed by atoms with Crippen molar-refractivity contribution in [3.63, 3.8) is 0 Å². The maximum atomic E-state index is 11.0. The molecule has 0 bridgehead atoms. The van der Waals surface area contributed by atoms with Crippen molar-refractivity contribution in [2.45, 2.75) is 32.0 Å². The molecule has 16 heavy (non-hydrogen) atoms. The zero-order chi connectivity index (χ0) is 11.6. The average molecular weight is 285 g/mol. The van der Waals surface area contributed by atoms with Crippen molar-refractivity contribution in [3.05, 3.63) is 28.7 Å². The van der Waals surface area contributed by atoms with Gasteiger partial charge in [0, 0.05) is 24.2 Å². The first kappa shape index (κ1) is 11.5. The molecule has 1 saturated carbocycles. The Hall–Kier alpha value is -1.03. The topological polar surface area (TPSA) is 35.5 Å². The first-order valence-corrected chi connectivity index (χ1v) is 6.03. The highest BCUT2D eigenvalue weighted by Gasteiger charge is 2.42. The van der Waals surface area contributed by atoms with E-state index in [9.17, 15) is 4.79 Å². The van der Waals surface area contributed by atoms with Gasteiger partial charge in [-0.15, -0.1) is 0 Å². The van der Waals surface area contributed by atoms with Crippen LogP contribution < -0.4 is 4.74 Å². The molecule has 3 nitrogen and oxygen atoms in total. The number of hydrogen-bond acceptors (Lipinski definition) is 3. The largest absolute Gasteiger partial charge is 0.452 e. The molecule has 1 aromatic carbocycles. The van der Waals surface area contributed by atoms with Crippen LogP contribution in [0.5, 0.6) is 5.75 Å². The third kappa shape index (κ3) is 2.55. The molecule has 1 aromatic rings. The average Bonchev–Trinajstić information content (AvgIpc) is 2.17. The monoisotopic (exact) mass is 284 g/mol. The second-order valence-corrected chi connectivity index (χ2v) is 4.83. The van der Waals surface area contributed by atoms with Gasteiger partial charge < -0.3 is 9.47 Å². The van der Waals surface area contributed by atoms with Gasteiger partial charge in [-0.05, 0) is 30.7 Å². The van der Waals surface area contributed by atoms with Gasteiger partial charge in [0.05, 0.1) is 0 Å². The molecule has 4 heteroatoms. The van der Waals surface area contributed by atoms with Crippen molar-refractivity contribution >= 4 is 21.9 Å². The number of rotatable bonds is 3. The summed E-state index contributed by atoms with van der Waals surface area (Å²) in [5, 5.41) is 0.